The highest BCUT2D eigenvalue weighted by Crippen LogP contribution is 2.25. The molecule has 1 fully saturated rings. The van der Waals surface area contributed by atoms with Gasteiger partial charge in [0.2, 0.25) is 0 Å². The van der Waals surface area contributed by atoms with E-state index in [1.54, 1.807) is 0 Å². The zero-order valence-corrected chi connectivity index (χ0v) is 13.0. The Balaban J connectivity index is 1.97. The maximum Gasteiger partial charge on any atom is 0.0572 e. The average Bonchev–Trinajstić information content (AvgIpc) is 2.73. The standard InChI is InChI=1S/C17H29N3/c1-3-6-14-7-5-11-20(12-10-14)15-8-9-17(19-13-15)16(18)4-2/h8-9,13-14,16H,3-7,10-12,18H2,1-2H3/t14?,16-/m0/s1. The molecule has 1 unspecified atom stereocenters. The van der Waals surface area contributed by atoms with Crippen LogP contribution in [0.1, 0.15) is 64.1 Å². The van der Waals surface area contributed by atoms with Crippen LogP contribution in [0, 0.1) is 5.92 Å². The van der Waals surface area contributed by atoms with Crippen LogP contribution in [0.3, 0.4) is 0 Å². The molecule has 112 valence electrons. The first-order chi connectivity index (χ1) is 9.74. The SMILES string of the molecule is CCCC1CCCN(c2ccc([C@@H](N)CC)nc2)CC1. The Morgan fingerprint density at radius 1 is 1.30 bits per heavy atom. The number of rotatable bonds is 5. The van der Waals surface area contributed by atoms with E-state index in [1.807, 2.05) is 6.20 Å². The van der Waals surface area contributed by atoms with Crippen molar-refractivity contribution in [1.29, 1.82) is 0 Å². The molecule has 2 rings (SSSR count). The van der Waals surface area contributed by atoms with Gasteiger partial charge in [0.25, 0.3) is 0 Å². The van der Waals surface area contributed by atoms with Crippen molar-refractivity contribution in [3.8, 4) is 0 Å². The van der Waals surface area contributed by atoms with Crippen LogP contribution in [-0.2, 0) is 0 Å². The lowest BCUT2D eigenvalue weighted by Crippen LogP contribution is -2.24. The van der Waals surface area contributed by atoms with Crippen LogP contribution >= 0.6 is 0 Å². The Labute approximate surface area is 123 Å². The van der Waals surface area contributed by atoms with Gasteiger partial charge in [-0.25, -0.2) is 0 Å². The Morgan fingerprint density at radius 2 is 2.15 bits per heavy atom. The molecule has 0 amide bonds. The number of pyridine rings is 1. The third-order valence-electron chi connectivity index (χ3n) is 4.50. The molecule has 0 radical (unpaired) electrons. The van der Waals surface area contributed by atoms with Crippen molar-refractivity contribution in [3.63, 3.8) is 0 Å². The summed E-state index contributed by atoms with van der Waals surface area (Å²) in [5, 5.41) is 0. The van der Waals surface area contributed by atoms with Crippen molar-refractivity contribution in [1.82, 2.24) is 4.98 Å². The fourth-order valence-corrected chi connectivity index (χ4v) is 3.13. The predicted molar refractivity (Wildman–Crippen MR) is 85.9 cm³/mol. The lowest BCUT2D eigenvalue weighted by molar-refractivity contribution is 0.435. The van der Waals surface area contributed by atoms with Crippen LogP contribution in [0.15, 0.2) is 18.3 Å². The van der Waals surface area contributed by atoms with Gasteiger partial charge in [-0.3, -0.25) is 4.98 Å². The number of nitrogens with two attached hydrogens (primary N) is 1. The highest BCUT2D eigenvalue weighted by Gasteiger charge is 2.17. The second-order valence-electron chi connectivity index (χ2n) is 6.03. The number of hydrogen-bond acceptors (Lipinski definition) is 3. The molecular formula is C17H29N3. The molecule has 3 heteroatoms. The Hall–Kier alpha value is -1.09. The third kappa shape index (κ3) is 3.95. The molecule has 1 aliphatic rings. The van der Waals surface area contributed by atoms with Crippen molar-refractivity contribution in [2.45, 2.75) is 58.4 Å². The normalized spacial score (nSPS) is 21.6. The molecular weight excluding hydrogens is 246 g/mol. The molecule has 2 heterocycles. The number of aromatic nitrogens is 1. The summed E-state index contributed by atoms with van der Waals surface area (Å²) in [4.78, 5) is 7.03. The van der Waals surface area contributed by atoms with Gasteiger partial charge in [0.1, 0.15) is 0 Å². The lowest BCUT2D eigenvalue weighted by atomic mass is 9.96. The van der Waals surface area contributed by atoms with E-state index in [-0.39, 0.29) is 6.04 Å². The van der Waals surface area contributed by atoms with Gasteiger partial charge in [-0.1, -0.05) is 26.7 Å². The fourth-order valence-electron chi connectivity index (χ4n) is 3.13. The molecule has 20 heavy (non-hydrogen) atoms. The summed E-state index contributed by atoms with van der Waals surface area (Å²) in [5.41, 5.74) is 8.29. The van der Waals surface area contributed by atoms with Crippen LogP contribution in [0.25, 0.3) is 0 Å². The second-order valence-corrected chi connectivity index (χ2v) is 6.03. The minimum atomic E-state index is 0.0714. The fraction of sp³-hybridized carbons (Fsp3) is 0.706. The molecule has 0 saturated carbocycles. The van der Waals surface area contributed by atoms with Crippen molar-refractivity contribution >= 4 is 5.69 Å². The first kappa shape index (κ1) is 15.3. The molecule has 1 aromatic rings. The van der Waals surface area contributed by atoms with Gasteiger partial charge < -0.3 is 10.6 Å². The van der Waals surface area contributed by atoms with Gasteiger partial charge in [0.05, 0.1) is 17.6 Å². The summed E-state index contributed by atoms with van der Waals surface area (Å²) >= 11 is 0. The van der Waals surface area contributed by atoms with Crippen LogP contribution in [0.5, 0.6) is 0 Å². The molecule has 1 aromatic heterocycles. The van der Waals surface area contributed by atoms with Crippen molar-refractivity contribution in [3.05, 3.63) is 24.0 Å². The van der Waals surface area contributed by atoms with E-state index in [4.69, 9.17) is 5.73 Å². The zero-order valence-electron chi connectivity index (χ0n) is 13.0. The van der Waals surface area contributed by atoms with Crippen LogP contribution in [0.4, 0.5) is 5.69 Å². The van der Waals surface area contributed by atoms with Crippen molar-refractivity contribution in [2.75, 3.05) is 18.0 Å². The smallest absolute Gasteiger partial charge is 0.0572 e. The Kier molecular flexibility index (Phi) is 5.84. The summed E-state index contributed by atoms with van der Waals surface area (Å²) < 4.78 is 0. The van der Waals surface area contributed by atoms with E-state index in [0.717, 1.165) is 18.0 Å². The third-order valence-corrected chi connectivity index (χ3v) is 4.50. The monoisotopic (exact) mass is 275 g/mol. The molecule has 3 nitrogen and oxygen atoms in total. The lowest BCUT2D eigenvalue weighted by Gasteiger charge is -2.23. The maximum absolute atomic E-state index is 6.02. The van der Waals surface area contributed by atoms with Crippen LogP contribution in [0.2, 0.25) is 0 Å². The van der Waals surface area contributed by atoms with E-state index in [0.29, 0.717) is 0 Å². The van der Waals surface area contributed by atoms with Gasteiger partial charge in [0, 0.05) is 19.1 Å². The first-order valence-electron chi connectivity index (χ1n) is 8.21. The predicted octanol–water partition coefficient (Wildman–Crippen LogP) is 3.90. The second kappa shape index (κ2) is 7.63. The largest absolute Gasteiger partial charge is 0.370 e. The minimum absolute atomic E-state index is 0.0714. The van der Waals surface area contributed by atoms with Gasteiger partial charge in [-0.05, 0) is 43.7 Å². The summed E-state index contributed by atoms with van der Waals surface area (Å²) in [6.07, 6.45) is 9.66. The Morgan fingerprint density at radius 3 is 2.80 bits per heavy atom. The van der Waals surface area contributed by atoms with Gasteiger partial charge in [-0.15, -0.1) is 0 Å². The summed E-state index contributed by atoms with van der Waals surface area (Å²) in [6, 6.07) is 4.36. The summed E-state index contributed by atoms with van der Waals surface area (Å²) in [7, 11) is 0. The number of nitrogens with zero attached hydrogens (tertiary/aromatic N) is 2. The van der Waals surface area contributed by atoms with E-state index >= 15 is 0 Å². The average molecular weight is 275 g/mol. The molecule has 2 atom stereocenters. The molecule has 1 aliphatic heterocycles. The van der Waals surface area contributed by atoms with Gasteiger partial charge >= 0.3 is 0 Å². The molecule has 1 saturated heterocycles. The zero-order chi connectivity index (χ0) is 14.4. The molecule has 0 spiro atoms. The van der Waals surface area contributed by atoms with Crippen LogP contribution < -0.4 is 10.6 Å². The Bertz CT molecular complexity index is 388. The quantitative estimate of drug-likeness (QED) is 0.886. The van der Waals surface area contributed by atoms with Gasteiger partial charge in [0.15, 0.2) is 0 Å². The van der Waals surface area contributed by atoms with Crippen molar-refractivity contribution < 1.29 is 0 Å². The number of hydrogen-bond donors (Lipinski definition) is 1. The highest BCUT2D eigenvalue weighted by molar-refractivity contribution is 5.44. The van der Waals surface area contributed by atoms with Crippen molar-refractivity contribution in [2.24, 2.45) is 11.7 Å². The molecule has 0 aromatic carbocycles. The van der Waals surface area contributed by atoms with E-state index in [9.17, 15) is 0 Å². The molecule has 0 aliphatic carbocycles. The highest BCUT2D eigenvalue weighted by atomic mass is 15.1. The van der Waals surface area contributed by atoms with Gasteiger partial charge in [-0.2, -0.15) is 0 Å². The summed E-state index contributed by atoms with van der Waals surface area (Å²) in [5.74, 6) is 0.922. The minimum Gasteiger partial charge on any atom is -0.370 e. The van der Waals surface area contributed by atoms with E-state index in [2.05, 4.69) is 35.9 Å². The molecule has 2 N–H and O–H groups in total. The first-order valence-corrected chi connectivity index (χ1v) is 8.21. The topological polar surface area (TPSA) is 42.1 Å². The maximum atomic E-state index is 6.02. The summed E-state index contributed by atoms with van der Waals surface area (Å²) in [6.45, 7) is 6.73. The molecule has 0 bridgehead atoms. The van der Waals surface area contributed by atoms with E-state index < -0.39 is 0 Å². The van der Waals surface area contributed by atoms with Crippen LogP contribution in [-0.4, -0.2) is 18.1 Å². The van der Waals surface area contributed by atoms with E-state index in [1.165, 1.54) is 50.9 Å². The number of anilines is 1.